The molecule has 0 aliphatic heterocycles. The number of benzene rings is 2. The number of aromatic nitrogens is 2. The maximum absolute atomic E-state index is 12.7. The molecule has 0 aliphatic rings. The van der Waals surface area contributed by atoms with Crippen LogP contribution in [-0.2, 0) is 17.8 Å². The smallest absolute Gasteiger partial charge is 0.339 e. The Bertz CT molecular complexity index is 1310. The van der Waals surface area contributed by atoms with E-state index in [4.69, 9.17) is 9.15 Å². The fourth-order valence-electron chi connectivity index (χ4n) is 3.74. The summed E-state index contributed by atoms with van der Waals surface area (Å²) in [6.07, 6.45) is 4.21. The van der Waals surface area contributed by atoms with Gasteiger partial charge in [-0.15, -0.1) is 0 Å². The van der Waals surface area contributed by atoms with Gasteiger partial charge >= 0.3 is 5.63 Å². The van der Waals surface area contributed by atoms with Crippen molar-refractivity contribution in [1.29, 1.82) is 0 Å². The molecule has 2 aromatic carbocycles. The Hall–Kier alpha value is -3.87. The number of hydrogen-bond donors (Lipinski definition) is 0. The molecule has 0 atom stereocenters. The summed E-state index contributed by atoms with van der Waals surface area (Å²) in [7, 11) is 3.32. The maximum Gasteiger partial charge on any atom is 0.339 e. The van der Waals surface area contributed by atoms with Crippen LogP contribution in [0.1, 0.15) is 23.1 Å². The standard InChI is InChI=1S/C25H25N3O4/c1-17-21-10-9-20(31-3)13-23(21)32-25(30)22(17)11-12-24(29)27(2)15-18-14-26-28(16-18)19-7-5-4-6-8-19/h4-10,13-14,16H,11-12,15H2,1-3H3. The summed E-state index contributed by atoms with van der Waals surface area (Å²) in [5, 5.41) is 5.22. The Balaban J connectivity index is 1.43. The molecule has 0 radical (unpaired) electrons. The highest BCUT2D eigenvalue weighted by Gasteiger charge is 2.16. The van der Waals surface area contributed by atoms with Crippen molar-refractivity contribution in [2.75, 3.05) is 14.2 Å². The average molecular weight is 431 g/mol. The third-order valence-electron chi connectivity index (χ3n) is 5.59. The van der Waals surface area contributed by atoms with Gasteiger partial charge < -0.3 is 14.1 Å². The molecule has 4 rings (SSSR count). The number of para-hydroxylation sites is 1. The van der Waals surface area contributed by atoms with Gasteiger partial charge in [-0.1, -0.05) is 18.2 Å². The minimum atomic E-state index is -0.414. The van der Waals surface area contributed by atoms with E-state index in [1.807, 2.05) is 55.6 Å². The van der Waals surface area contributed by atoms with Gasteiger partial charge in [0, 0.05) is 48.8 Å². The molecule has 0 unspecified atom stereocenters. The zero-order chi connectivity index (χ0) is 22.7. The summed E-state index contributed by atoms with van der Waals surface area (Å²) in [4.78, 5) is 26.9. The summed E-state index contributed by atoms with van der Waals surface area (Å²) < 4.78 is 12.5. The van der Waals surface area contributed by atoms with Crippen LogP contribution in [-0.4, -0.2) is 34.7 Å². The van der Waals surface area contributed by atoms with Crippen molar-refractivity contribution in [2.45, 2.75) is 26.3 Å². The molecule has 2 heterocycles. The molecule has 4 aromatic rings. The average Bonchev–Trinajstić information content (AvgIpc) is 3.27. The number of carbonyl (C=O) groups is 1. The van der Waals surface area contributed by atoms with Crippen LogP contribution in [0.4, 0.5) is 0 Å². The van der Waals surface area contributed by atoms with Gasteiger partial charge in [-0.05, 0) is 43.2 Å². The second kappa shape index (κ2) is 9.09. The van der Waals surface area contributed by atoms with E-state index in [2.05, 4.69) is 5.10 Å². The molecule has 1 amide bonds. The molecule has 7 nitrogen and oxygen atoms in total. The van der Waals surface area contributed by atoms with Crippen molar-refractivity contribution in [3.8, 4) is 11.4 Å². The number of rotatable bonds is 7. The molecule has 0 fully saturated rings. The largest absolute Gasteiger partial charge is 0.497 e. The van der Waals surface area contributed by atoms with Gasteiger partial charge in [-0.3, -0.25) is 4.79 Å². The van der Waals surface area contributed by atoms with Crippen LogP contribution >= 0.6 is 0 Å². The number of hydrogen-bond acceptors (Lipinski definition) is 5. The minimum Gasteiger partial charge on any atom is -0.497 e. The Morgan fingerprint density at radius 3 is 2.72 bits per heavy atom. The Kier molecular flexibility index (Phi) is 6.07. The van der Waals surface area contributed by atoms with Crippen LogP contribution in [0, 0.1) is 6.92 Å². The fraction of sp³-hybridized carbons (Fsp3) is 0.240. The third kappa shape index (κ3) is 4.42. The van der Waals surface area contributed by atoms with Crippen molar-refractivity contribution < 1.29 is 13.9 Å². The highest BCUT2D eigenvalue weighted by molar-refractivity contribution is 5.82. The van der Waals surface area contributed by atoms with Crippen LogP contribution < -0.4 is 10.4 Å². The highest BCUT2D eigenvalue weighted by Crippen LogP contribution is 2.24. The molecule has 0 saturated carbocycles. The number of fused-ring (bicyclic) bond motifs is 1. The number of nitrogens with zero attached hydrogens (tertiary/aromatic N) is 3. The molecule has 0 bridgehead atoms. The zero-order valence-corrected chi connectivity index (χ0v) is 18.4. The Morgan fingerprint density at radius 1 is 1.19 bits per heavy atom. The van der Waals surface area contributed by atoms with Gasteiger partial charge in [0.2, 0.25) is 5.91 Å². The number of carbonyl (C=O) groups excluding carboxylic acids is 1. The molecule has 0 saturated heterocycles. The van der Waals surface area contributed by atoms with Crippen LogP contribution in [0.3, 0.4) is 0 Å². The molecular weight excluding hydrogens is 406 g/mol. The quantitative estimate of drug-likeness (QED) is 0.415. The van der Waals surface area contributed by atoms with E-state index in [1.54, 1.807) is 36.0 Å². The first-order valence-corrected chi connectivity index (χ1v) is 10.4. The van der Waals surface area contributed by atoms with Gasteiger partial charge in [-0.2, -0.15) is 5.10 Å². The molecule has 164 valence electrons. The molecular formula is C25H25N3O4. The second-order valence-corrected chi connectivity index (χ2v) is 7.73. The van der Waals surface area contributed by atoms with Gasteiger partial charge in [-0.25, -0.2) is 9.48 Å². The maximum atomic E-state index is 12.7. The van der Waals surface area contributed by atoms with Gasteiger partial charge in [0.25, 0.3) is 0 Å². The summed E-state index contributed by atoms with van der Waals surface area (Å²) in [5.41, 5.74) is 3.32. The van der Waals surface area contributed by atoms with E-state index in [1.165, 1.54) is 0 Å². The van der Waals surface area contributed by atoms with Crippen molar-refractivity contribution >= 4 is 16.9 Å². The summed E-state index contributed by atoms with van der Waals surface area (Å²) in [6, 6.07) is 15.2. The number of ether oxygens (including phenoxy) is 1. The van der Waals surface area contributed by atoms with Crippen molar-refractivity contribution in [3.63, 3.8) is 0 Å². The lowest BCUT2D eigenvalue weighted by atomic mass is 10.0. The Labute approximate surface area is 185 Å². The van der Waals surface area contributed by atoms with Crippen LogP contribution in [0.25, 0.3) is 16.7 Å². The minimum absolute atomic E-state index is 0.0499. The third-order valence-corrected chi connectivity index (χ3v) is 5.59. The second-order valence-electron chi connectivity index (χ2n) is 7.73. The monoisotopic (exact) mass is 431 g/mol. The Morgan fingerprint density at radius 2 is 1.97 bits per heavy atom. The topological polar surface area (TPSA) is 77.6 Å². The van der Waals surface area contributed by atoms with Gasteiger partial charge in [0.15, 0.2) is 0 Å². The van der Waals surface area contributed by atoms with Gasteiger partial charge in [0.05, 0.1) is 19.0 Å². The first kappa shape index (κ1) is 21.4. The molecule has 7 heteroatoms. The summed E-state index contributed by atoms with van der Waals surface area (Å²) in [6.45, 7) is 2.32. The lowest BCUT2D eigenvalue weighted by molar-refractivity contribution is -0.130. The number of aryl methyl sites for hydroxylation is 1. The van der Waals surface area contributed by atoms with Gasteiger partial charge in [0.1, 0.15) is 11.3 Å². The SMILES string of the molecule is COc1ccc2c(C)c(CCC(=O)N(C)Cc3cnn(-c4ccccc4)c3)c(=O)oc2c1. The summed E-state index contributed by atoms with van der Waals surface area (Å²) in [5.74, 6) is 0.575. The fourth-order valence-corrected chi connectivity index (χ4v) is 3.74. The molecule has 2 aromatic heterocycles. The normalized spacial score (nSPS) is 11.0. The number of methoxy groups -OCH3 is 1. The number of amides is 1. The zero-order valence-electron chi connectivity index (χ0n) is 18.4. The first-order valence-electron chi connectivity index (χ1n) is 10.4. The lowest BCUT2D eigenvalue weighted by Gasteiger charge is -2.16. The van der Waals surface area contributed by atoms with Crippen LogP contribution in [0.2, 0.25) is 0 Å². The van der Waals surface area contributed by atoms with Crippen molar-refractivity contribution in [3.05, 3.63) is 88.0 Å². The van der Waals surface area contributed by atoms with Crippen LogP contribution in [0.5, 0.6) is 5.75 Å². The van der Waals surface area contributed by atoms with Crippen molar-refractivity contribution in [2.24, 2.45) is 0 Å². The molecule has 32 heavy (non-hydrogen) atoms. The predicted octanol–water partition coefficient (Wildman–Crippen LogP) is 3.89. The van der Waals surface area contributed by atoms with E-state index in [9.17, 15) is 9.59 Å². The van der Waals surface area contributed by atoms with E-state index >= 15 is 0 Å². The summed E-state index contributed by atoms with van der Waals surface area (Å²) >= 11 is 0. The van der Waals surface area contributed by atoms with E-state index in [0.29, 0.717) is 29.9 Å². The van der Waals surface area contributed by atoms with Crippen molar-refractivity contribution in [1.82, 2.24) is 14.7 Å². The van der Waals surface area contributed by atoms with E-state index in [0.717, 1.165) is 22.2 Å². The highest BCUT2D eigenvalue weighted by atomic mass is 16.5. The lowest BCUT2D eigenvalue weighted by Crippen LogP contribution is -2.27. The molecule has 0 spiro atoms. The molecule has 0 N–H and O–H groups in total. The predicted molar refractivity (Wildman–Crippen MR) is 122 cm³/mol. The molecule has 0 aliphatic carbocycles. The van der Waals surface area contributed by atoms with Crippen LogP contribution in [0.15, 0.2) is 70.1 Å². The first-order chi connectivity index (χ1) is 15.5. The van der Waals surface area contributed by atoms with E-state index < -0.39 is 5.63 Å². The van der Waals surface area contributed by atoms with E-state index in [-0.39, 0.29) is 12.3 Å².